The fourth-order valence-electron chi connectivity index (χ4n) is 3.84. The lowest BCUT2D eigenvalue weighted by Crippen LogP contribution is -2.59. The van der Waals surface area contributed by atoms with Crippen LogP contribution in [0.4, 0.5) is 0 Å². The van der Waals surface area contributed by atoms with Crippen LogP contribution in [0.15, 0.2) is 24.3 Å². The third-order valence-corrected chi connectivity index (χ3v) is 5.88. The lowest BCUT2D eigenvalue weighted by Gasteiger charge is -2.41. The number of carbonyl (C=O) groups excluding carboxylic acids is 1. The number of aryl methyl sites for hydroxylation is 1. The van der Waals surface area contributed by atoms with Crippen molar-refractivity contribution in [2.45, 2.75) is 95.9 Å². The predicted octanol–water partition coefficient (Wildman–Crippen LogP) is 2.46. The summed E-state index contributed by atoms with van der Waals surface area (Å²) in [6, 6.07) is 6.94. The Bertz CT molecular complexity index is 719. The van der Waals surface area contributed by atoms with Gasteiger partial charge in [0.2, 0.25) is 6.29 Å². The SMILES string of the molecule is CCCCCCC(C[C@H]1O[C@@H](Oc2ccc(CCC(C)=O)cc2)[C@H](O)[C@@H](O)[C@@H]1O)C(=O)O. The molecule has 0 bridgehead atoms. The van der Waals surface area contributed by atoms with Gasteiger partial charge in [-0.2, -0.15) is 0 Å². The van der Waals surface area contributed by atoms with Crippen molar-refractivity contribution in [1.82, 2.24) is 0 Å². The van der Waals surface area contributed by atoms with E-state index in [0.717, 1.165) is 31.2 Å². The predicted molar refractivity (Wildman–Crippen MR) is 117 cm³/mol. The molecule has 0 spiro atoms. The van der Waals surface area contributed by atoms with Crippen LogP contribution in [0.2, 0.25) is 0 Å². The van der Waals surface area contributed by atoms with Gasteiger partial charge in [0.1, 0.15) is 29.8 Å². The summed E-state index contributed by atoms with van der Waals surface area (Å²) >= 11 is 0. The second-order valence-electron chi connectivity index (χ2n) is 8.60. The quantitative estimate of drug-likeness (QED) is 0.335. The summed E-state index contributed by atoms with van der Waals surface area (Å²) in [6.07, 6.45) is -1.39. The van der Waals surface area contributed by atoms with E-state index in [1.807, 2.05) is 0 Å². The number of hydrogen-bond acceptors (Lipinski definition) is 7. The number of ketones is 1. The number of ether oxygens (including phenoxy) is 2. The van der Waals surface area contributed by atoms with Gasteiger partial charge >= 0.3 is 5.97 Å². The first-order chi connectivity index (χ1) is 15.2. The minimum absolute atomic E-state index is 0.0102. The maximum Gasteiger partial charge on any atom is 0.306 e. The van der Waals surface area contributed by atoms with Crippen LogP contribution in [0.5, 0.6) is 5.75 Å². The summed E-state index contributed by atoms with van der Waals surface area (Å²) in [7, 11) is 0. The van der Waals surface area contributed by atoms with Gasteiger partial charge in [0.05, 0.1) is 12.0 Å². The van der Waals surface area contributed by atoms with Crippen molar-refractivity contribution in [3.63, 3.8) is 0 Å². The zero-order valence-corrected chi connectivity index (χ0v) is 18.9. The second kappa shape index (κ2) is 12.9. The molecule has 180 valence electrons. The Morgan fingerprint density at radius 1 is 1.03 bits per heavy atom. The maximum absolute atomic E-state index is 11.7. The van der Waals surface area contributed by atoms with E-state index >= 15 is 0 Å². The van der Waals surface area contributed by atoms with E-state index in [2.05, 4.69) is 6.92 Å². The van der Waals surface area contributed by atoms with Gasteiger partial charge < -0.3 is 34.7 Å². The number of benzene rings is 1. The Labute approximate surface area is 189 Å². The largest absolute Gasteiger partial charge is 0.481 e. The number of aliphatic hydroxyl groups excluding tert-OH is 3. The zero-order chi connectivity index (χ0) is 23.7. The van der Waals surface area contributed by atoms with Crippen molar-refractivity contribution >= 4 is 11.8 Å². The highest BCUT2D eigenvalue weighted by atomic mass is 16.7. The van der Waals surface area contributed by atoms with Crippen LogP contribution in [-0.2, 0) is 20.7 Å². The number of aliphatic hydroxyl groups is 3. The molecule has 0 aromatic heterocycles. The molecule has 8 nitrogen and oxygen atoms in total. The second-order valence-corrected chi connectivity index (χ2v) is 8.60. The molecule has 4 N–H and O–H groups in total. The number of carboxylic acid groups (broad SMARTS) is 1. The number of hydrogen-bond donors (Lipinski definition) is 4. The van der Waals surface area contributed by atoms with Gasteiger partial charge in [-0.3, -0.25) is 4.79 Å². The molecule has 0 radical (unpaired) electrons. The number of Topliss-reactive ketones (excluding diaryl/α,β-unsaturated/α-hetero) is 1. The summed E-state index contributed by atoms with van der Waals surface area (Å²) in [5.41, 5.74) is 0.957. The summed E-state index contributed by atoms with van der Waals surface area (Å²) in [6.45, 7) is 3.61. The standard InChI is InChI=1S/C24H36O8/c1-3-4-5-6-7-17(23(29)30)14-19-20(26)21(27)22(28)24(32-19)31-18-12-10-16(11-13-18)9-8-15(2)25/h10-13,17,19-22,24,26-28H,3-9,14H2,1-2H3,(H,29,30)/t17?,19-,20-,21+,22-,24-/m1/s1. The topological polar surface area (TPSA) is 134 Å². The summed E-state index contributed by atoms with van der Waals surface area (Å²) in [5.74, 6) is -1.21. The normalized spacial score (nSPS) is 26.5. The van der Waals surface area contributed by atoms with E-state index in [4.69, 9.17) is 9.47 Å². The molecule has 0 aliphatic carbocycles. The van der Waals surface area contributed by atoms with Gasteiger partial charge in [-0.05, 0) is 43.9 Å². The average Bonchev–Trinajstić information content (AvgIpc) is 2.76. The van der Waals surface area contributed by atoms with Crippen LogP contribution in [0.25, 0.3) is 0 Å². The van der Waals surface area contributed by atoms with Crippen LogP contribution in [0, 0.1) is 5.92 Å². The minimum atomic E-state index is -1.52. The third-order valence-electron chi connectivity index (χ3n) is 5.88. The summed E-state index contributed by atoms with van der Waals surface area (Å²) < 4.78 is 11.4. The van der Waals surface area contributed by atoms with E-state index in [1.54, 1.807) is 24.3 Å². The molecule has 1 aromatic carbocycles. The molecule has 1 saturated heterocycles. The molecule has 32 heavy (non-hydrogen) atoms. The van der Waals surface area contributed by atoms with Gasteiger partial charge in [-0.25, -0.2) is 0 Å². The molecule has 1 aliphatic rings. The van der Waals surface area contributed by atoms with Crippen LogP contribution < -0.4 is 4.74 Å². The molecule has 2 rings (SSSR count). The number of carboxylic acids is 1. The molecule has 6 atom stereocenters. The first-order valence-corrected chi connectivity index (χ1v) is 11.4. The Morgan fingerprint density at radius 3 is 2.31 bits per heavy atom. The molecule has 8 heteroatoms. The number of unbranched alkanes of at least 4 members (excludes halogenated alkanes) is 3. The number of aliphatic carboxylic acids is 1. The molecular formula is C24H36O8. The monoisotopic (exact) mass is 452 g/mol. The molecule has 1 aliphatic heterocycles. The highest BCUT2D eigenvalue weighted by Gasteiger charge is 2.46. The molecular weight excluding hydrogens is 416 g/mol. The first-order valence-electron chi connectivity index (χ1n) is 11.4. The highest BCUT2D eigenvalue weighted by molar-refractivity contribution is 5.75. The minimum Gasteiger partial charge on any atom is -0.481 e. The van der Waals surface area contributed by atoms with Crippen molar-refractivity contribution < 1.29 is 39.5 Å². The molecule has 1 fully saturated rings. The third kappa shape index (κ3) is 7.85. The Balaban J connectivity index is 2.01. The molecule has 1 heterocycles. The van der Waals surface area contributed by atoms with Crippen LogP contribution >= 0.6 is 0 Å². The van der Waals surface area contributed by atoms with E-state index in [1.165, 1.54) is 6.92 Å². The Kier molecular flexibility index (Phi) is 10.6. The average molecular weight is 453 g/mol. The lowest BCUT2D eigenvalue weighted by atomic mass is 9.89. The summed E-state index contributed by atoms with van der Waals surface area (Å²) in [4.78, 5) is 22.8. The van der Waals surface area contributed by atoms with E-state index in [0.29, 0.717) is 25.0 Å². The fourth-order valence-corrected chi connectivity index (χ4v) is 3.84. The fraction of sp³-hybridized carbons (Fsp3) is 0.667. The molecule has 1 aromatic rings. The highest BCUT2D eigenvalue weighted by Crippen LogP contribution is 2.29. The molecule has 1 unspecified atom stereocenters. The van der Waals surface area contributed by atoms with Crippen molar-refractivity contribution in [2.75, 3.05) is 0 Å². The van der Waals surface area contributed by atoms with Gasteiger partial charge in [0, 0.05) is 6.42 Å². The van der Waals surface area contributed by atoms with Crippen molar-refractivity contribution in [1.29, 1.82) is 0 Å². The smallest absolute Gasteiger partial charge is 0.306 e. The van der Waals surface area contributed by atoms with Gasteiger partial charge in [-0.1, -0.05) is 44.7 Å². The maximum atomic E-state index is 11.7. The van der Waals surface area contributed by atoms with E-state index < -0.39 is 42.6 Å². The van der Waals surface area contributed by atoms with Crippen molar-refractivity contribution in [3.8, 4) is 5.75 Å². The van der Waals surface area contributed by atoms with E-state index in [9.17, 15) is 30.0 Å². The van der Waals surface area contributed by atoms with Gasteiger partial charge in [0.15, 0.2) is 0 Å². The van der Waals surface area contributed by atoms with Crippen molar-refractivity contribution in [3.05, 3.63) is 29.8 Å². The molecule has 0 saturated carbocycles. The van der Waals surface area contributed by atoms with Gasteiger partial charge in [0.25, 0.3) is 0 Å². The van der Waals surface area contributed by atoms with Gasteiger partial charge in [-0.15, -0.1) is 0 Å². The van der Waals surface area contributed by atoms with E-state index in [-0.39, 0.29) is 12.2 Å². The first kappa shape index (κ1) is 26.3. The van der Waals surface area contributed by atoms with Crippen LogP contribution in [-0.4, -0.2) is 62.9 Å². The lowest BCUT2D eigenvalue weighted by molar-refractivity contribution is -0.275. The van der Waals surface area contributed by atoms with Crippen LogP contribution in [0.3, 0.4) is 0 Å². The summed E-state index contributed by atoms with van der Waals surface area (Å²) in [5, 5.41) is 40.5. The number of rotatable bonds is 13. The van der Waals surface area contributed by atoms with Crippen LogP contribution in [0.1, 0.15) is 64.4 Å². The number of carbonyl (C=O) groups is 2. The Morgan fingerprint density at radius 2 is 1.72 bits per heavy atom. The zero-order valence-electron chi connectivity index (χ0n) is 18.9. The molecule has 0 amide bonds. The Hall–Kier alpha value is -2.00. The van der Waals surface area contributed by atoms with Crippen molar-refractivity contribution in [2.24, 2.45) is 5.92 Å².